The Morgan fingerprint density at radius 3 is 2.33 bits per heavy atom. The molecular weight excluding hydrogens is 247 g/mol. The first kappa shape index (κ1) is 12.6. The molecule has 0 spiro atoms. The summed E-state index contributed by atoms with van der Waals surface area (Å²) in [5, 5.41) is 8.83. The number of aryl methyl sites for hydroxylation is 2. The lowest BCUT2D eigenvalue weighted by Gasteiger charge is -2.05. The summed E-state index contributed by atoms with van der Waals surface area (Å²) >= 11 is 1.57. The second-order valence-electron chi connectivity index (χ2n) is 4.06. The fourth-order valence-corrected chi connectivity index (χ4v) is 2.60. The van der Waals surface area contributed by atoms with Gasteiger partial charge >= 0.3 is 5.69 Å². The van der Waals surface area contributed by atoms with E-state index in [1.54, 1.807) is 23.9 Å². The predicted molar refractivity (Wildman–Crippen MR) is 71.2 cm³/mol. The maximum absolute atomic E-state index is 12.8. The van der Waals surface area contributed by atoms with Gasteiger partial charge in [-0.1, -0.05) is 11.8 Å². The van der Waals surface area contributed by atoms with E-state index in [2.05, 4.69) is 4.98 Å². The quantitative estimate of drug-likeness (QED) is 0.703. The molecule has 4 heteroatoms. The molecular formula is C14H12FN2S+. The van der Waals surface area contributed by atoms with Gasteiger partial charge in [0.1, 0.15) is 5.82 Å². The van der Waals surface area contributed by atoms with E-state index < -0.39 is 0 Å². The molecule has 0 fully saturated rings. The molecule has 0 saturated heterocycles. The molecule has 0 radical (unpaired) electrons. The minimum Gasteiger partial charge on any atom is -0.207 e. The van der Waals surface area contributed by atoms with Gasteiger partial charge in [-0.25, -0.2) is 4.39 Å². The zero-order valence-corrected chi connectivity index (χ0v) is 11.0. The Hall–Kier alpha value is -1.86. The summed E-state index contributed by atoms with van der Waals surface area (Å²) in [7, 11) is 0. The van der Waals surface area contributed by atoms with Crippen LogP contribution < -0.4 is 0 Å². The highest BCUT2D eigenvalue weighted by Crippen LogP contribution is 2.34. The maximum atomic E-state index is 12.8. The number of benzene rings is 2. The summed E-state index contributed by atoms with van der Waals surface area (Å²) in [4.78, 5) is 5.29. The number of hydrogen-bond acceptors (Lipinski definition) is 2. The first-order chi connectivity index (χ1) is 8.60. The van der Waals surface area contributed by atoms with Crippen LogP contribution in [0.1, 0.15) is 11.1 Å². The van der Waals surface area contributed by atoms with Crippen molar-refractivity contribution in [2.45, 2.75) is 23.6 Å². The van der Waals surface area contributed by atoms with E-state index >= 15 is 0 Å². The Balaban J connectivity index is 2.32. The van der Waals surface area contributed by atoms with Crippen molar-refractivity contribution >= 4 is 17.4 Å². The molecule has 0 atom stereocenters. The normalized spacial score (nSPS) is 10.1. The van der Waals surface area contributed by atoms with Gasteiger partial charge in [-0.2, -0.15) is 0 Å². The van der Waals surface area contributed by atoms with Gasteiger partial charge in [-0.15, -0.1) is 0 Å². The third-order valence-electron chi connectivity index (χ3n) is 2.64. The lowest BCUT2D eigenvalue weighted by atomic mass is 10.1. The van der Waals surface area contributed by atoms with E-state index in [1.165, 1.54) is 12.1 Å². The molecule has 0 aromatic heterocycles. The third-order valence-corrected chi connectivity index (χ3v) is 3.81. The lowest BCUT2D eigenvalue weighted by Crippen LogP contribution is -1.83. The Morgan fingerprint density at radius 2 is 1.72 bits per heavy atom. The molecule has 90 valence electrons. The van der Waals surface area contributed by atoms with Crippen LogP contribution in [-0.4, -0.2) is 0 Å². The highest BCUT2D eigenvalue weighted by molar-refractivity contribution is 7.99. The first-order valence-electron chi connectivity index (χ1n) is 5.50. The number of nitrogens with zero attached hydrogens (tertiary/aromatic N) is 2. The van der Waals surface area contributed by atoms with E-state index in [1.807, 2.05) is 26.0 Å². The van der Waals surface area contributed by atoms with Gasteiger partial charge < -0.3 is 0 Å². The van der Waals surface area contributed by atoms with Crippen molar-refractivity contribution < 1.29 is 4.39 Å². The van der Waals surface area contributed by atoms with Gasteiger partial charge in [0.25, 0.3) is 0 Å². The second kappa shape index (κ2) is 5.19. The average molecular weight is 259 g/mol. The molecule has 0 amide bonds. The first-order valence-corrected chi connectivity index (χ1v) is 6.31. The Morgan fingerprint density at radius 1 is 1.06 bits per heavy atom. The third kappa shape index (κ3) is 2.69. The van der Waals surface area contributed by atoms with Crippen LogP contribution in [-0.2, 0) is 0 Å². The van der Waals surface area contributed by atoms with Gasteiger partial charge in [-0.3, -0.25) is 0 Å². The van der Waals surface area contributed by atoms with Crippen LogP contribution in [0.5, 0.6) is 0 Å². The average Bonchev–Trinajstić information content (AvgIpc) is 2.36. The minimum absolute atomic E-state index is 0.235. The van der Waals surface area contributed by atoms with Crippen LogP contribution in [0.3, 0.4) is 0 Å². The number of diazo groups is 1. The van der Waals surface area contributed by atoms with Crippen LogP contribution in [0.25, 0.3) is 4.98 Å². The molecule has 0 N–H and O–H groups in total. The Kier molecular flexibility index (Phi) is 3.63. The SMILES string of the molecule is Cc1cc(Sc2ccc(F)cc2)c(C)cc1[N+]#N. The van der Waals surface area contributed by atoms with Crippen molar-refractivity contribution in [2.24, 2.45) is 0 Å². The summed E-state index contributed by atoms with van der Waals surface area (Å²) in [5.41, 5.74) is 2.52. The molecule has 18 heavy (non-hydrogen) atoms. The van der Waals surface area contributed by atoms with E-state index in [4.69, 9.17) is 5.39 Å². The summed E-state index contributed by atoms with van der Waals surface area (Å²) in [6, 6.07) is 10.2. The van der Waals surface area contributed by atoms with Gasteiger partial charge in [0.05, 0.1) is 0 Å². The van der Waals surface area contributed by atoms with Crippen LogP contribution in [0.2, 0.25) is 0 Å². The van der Waals surface area contributed by atoms with E-state index in [0.29, 0.717) is 5.69 Å². The fourth-order valence-electron chi connectivity index (χ4n) is 1.62. The zero-order valence-electron chi connectivity index (χ0n) is 10.1. The Labute approximate surface area is 109 Å². The fraction of sp³-hybridized carbons (Fsp3) is 0.143. The van der Waals surface area contributed by atoms with Crippen molar-refractivity contribution in [3.63, 3.8) is 0 Å². The zero-order chi connectivity index (χ0) is 13.1. The van der Waals surface area contributed by atoms with Crippen molar-refractivity contribution in [1.82, 2.24) is 0 Å². The van der Waals surface area contributed by atoms with Crippen molar-refractivity contribution in [3.8, 4) is 0 Å². The molecule has 0 bridgehead atoms. The summed E-state index contributed by atoms with van der Waals surface area (Å²) < 4.78 is 12.8. The minimum atomic E-state index is -0.235. The topological polar surface area (TPSA) is 28.1 Å². The standard InChI is InChI=1S/C14H12FN2S/c1-9-8-14(10(2)7-13(9)17-16)18-12-5-3-11(15)4-6-12/h3-8H,1-2H3/q+1. The molecule has 0 heterocycles. The number of rotatable bonds is 2. The van der Waals surface area contributed by atoms with Crippen LogP contribution in [0.4, 0.5) is 10.1 Å². The van der Waals surface area contributed by atoms with Gasteiger partial charge in [0, 0.05) is 21.4 Å². The molecule has 2 aromatic rings. The molecule has 2 rings (SSSR count). The Bertz CT molecular complexity index is 615. The van der Waals surface area contributed by atoms with Crippen LogP contribution in [0.15, 0.2) is 46.2 Å². The van der Waals surface area contributed by atoms with E-state index in [9.17, 15) is 4.39 Å². The summed E-state index contributed by atoms with van der Waals surface area (Å²) in [6.45, 7) is 3.85. The second-order valence-corrected chi connectivity index (χ2v) is 5.18. The van der Waals surface area contributed by atoms with Crippen LogP contribution >= 0.6 is 11.8 Å². The highest BCUT2D eigenvalue weighted by Gasteiger charge is 2.13. The molecule has 2 nitrogen and oxygen atoms in total. The highest BCUT2D eigenvalue weighted by atomic mass is 32.2. The molecule has 0 saturated carbocycles. The lowest BCUT2D eigenvalue weighted by molar-refractivity contribution is 0.626. The monoisotopic (exact) mass is 259 g/mol. The molecule has 0 unspecified atom stereocenters. The van der Waals surface area contributed by atoms with E-state index in [0.717, 1.165) is 20.9 Å². The van der Waals surface area contributed by atoms with Crippen molar-refractivity contribution in [1.29, 1.82) is 5.39 Å². The van der Waals surface area contributed by atoms with Crippen molar-refractivity contribution in [2.75, 3.05) is 0 Å². The largest absolute Gasteiger partial charge is 0.388 e. The maximum Gasteiger partial charge on any atom is 0.388 e. The van der Waals surface area contributed by atoms with Gasteiger partial charge in [-0.05, 0) is 49.7 Å². The predicted octanol–water partition coefficient (Wildman–Crippen LogP) is 5.08. The van der Waals surface area contributed by atoms with Crippen LogP contribution in [0, 0.1) is 25.1 Å². The number of halogens is 1. The molecule has 0 aliphatic carbocycles. The van der Waals surface area contributed by atoms with Gasteiger partial charge in [0.2, 0.25) is 5.39 Å². The molecule has 0 aliphatic rings. The summed E-state index contributed by atoms with van der Waals surface area (Å²) in [5.74, 6) is -0.235. The smallest absolute Gasteiger partial charge is 0.207 e. The van der Waals surface area contributed by atoms with E-state index in [-0.39, 0.29) is 5.82 Å². The molecule has 0 aliphatic heterocycles. The van der Waals surface area contributed by atoms with Crippen molar-refractivity contribution in [3.05, 3.63) is 58.3 Å². The molecule has 2 aromatic carbocycles. The summed E-state index contributed by atoms with van der Waals surface area (Å²) in [6.07, 6.45) is 0. The number of hydrogen-bond donors (Lipinski definition) is 0. The van der Waals surface area contributed by atoms with Gasteiger partial charge in [0.15, 0.2) is 4.98 Å².